The summed E-state index contributed by atoms with van der Waals surface area (Å²) in [6.45, 7) is 4.37. The molecule has 1 aromatic heterocycles. The van der Waals surface area contributed by atoms with Gasteiger partial charge in [0.15, 0.2) is 17.3 Å². The highest BCUT2D eigenvalue weighted by Crippen LogP contribution is 2.36. The summed E-state index contributed by atoms with van der Waals surface area (Å²) < 4.78 is 52.2. The molecule has 0 aliphatic carbocycles. The summed E-state index contributed by atoms with van der Waals surface area (Å²) in [5.74, 6) is 0.742. The Morgan fingerprint density at radius 1 is 1.03 bits per heavy atom. The smallest absolute Gasteiger partial charge is 0.416 e. The molecule has 6 nitrogen and oxygen atoms in total. The maximum atomic E-state index is 13.4. The van der Waals surface area contributed by atoms with Crippen molar-refractivity contribution in [2.24, 2.45) is 5.10 Å². The van der Waals surface area contributed by atoms with Crippen LogP contribution in [-0.2, 0) is 6.18 Å². The highest BCUT2D eigenvalue weighted by Gasteiger charge is 2.31. The molecular formula is C26H21ClF3N3O3. The Bertz CT molecular complexity index is 1500. The van der Waals surface area contributed by atoms with Crippen LogP contribution >= 0.6 is 11.6 Å². The van der Waals surface area contributed by atoms with Crippen molar-refractivity contribution in [3.63, 3.8) is 0 Å². The molecule has 10 heteroatoms. The summed E-state index contributed by atoms with van der Waals surface area (Å²) in [5, 5.41) is 4.84. The fourth-order valence-electron chi connectivity index (χ4n) is 3.59. The van der Waals surface area contributed by atoms with Crippen LogP contribution in [-0.4, -0.2) is 29.1 Å². The number of hydrogen-bond acceptors (Lipinski definition) is 5. The molecule has 0 unspecified atom stereocenters. The number of halogens is 4. The second-order valence-electron chi connectivity index (χ2n) is 7.59. The van der Waals surface area contributed by atoms with E-state index in [1.807, 2.05) is 13.8 Å². The van der Waals surface area contributed by atoms with E-state index in [0.717, 1.165) is 16.8 Å². The third-order valence-electron chi connectivity index (χ3n) is 5.14. The maximum absolute atomic E-state index is 13.4. The molecule has 0 fully saturated rings. The van der Waals surface area contributed by atoms with Gasteiger partial charge in [0.05, 0.1) is 40.9 Å². The van der Waals surface area contributed by atoms with E-state index in [9.17, 15) is 18.0 Å². The van der Waals surface area contributed by atoms with E-state index in [0.29, 0.717) is 35.8 Å². The lowest BCUT2D eigenvalue weighted by Gasteiger charge is -2.14. The van der Waals surface area contributed by atoms with E-state index < -0.39 is 17.3 Å². The quantitative estimate of drug-likeness (QED) is 0.267. The Morgan fingerprint density at radius 2 is 1.78 bits per heavy atom. The molecule has 0 saturated carbocycles. The molecule has 0 aliphatic rings. The maximum Gasteiger partial charge on any atom is 0.416 e. The highest BCUT2D eigenvalue weighted by atomic mass is 35.5. The van der Waals surface area contributed by atoms with Crippen LogP contribution < -0.4 is 15.0 Å². The molecule has 3 aromatic carbocycles. The van der Waals surface area contributed by atoms with Crippen LogP contribution in [0.5, 0.6) is 11.5 Å². The minimum absolute atomic E-state index is 0.0388. The minimum atomic E-state index is -4.56. The van der Waals surface area contributed by atoms with Crippen LogP contribution in [0.4, 0.5) is 13.2 Å². The van der Waals surface area contributed by atoms with E-state index in [-0.39, 0.29) is 21.8 Å². The Kier molecular flexibility index (Phi) is 7.30. The summed E-state index contributed by atoms with van der Waals surface area (Å²) in [6.07, 6.45) is -3.20. The van der Waals surface area contributed by atoms with E-state index in [4.69, 9.17) is 21.1 Å². The van der Waals surface area contributed by atoms with Crippen LogP contribution in [0.3, 0.4) is 0 Å². The number of alkyl halides is 3. The van der Waals surface area contributed by atoms with Crippen LogP contribution in [0.25, 0.3) is 22.3 Å². The zero-order chi connectivity index (χ0) is 25.9. The molecule has 4 aromatic rings. The van der Waals surface area contributed by atoms with Crippen molar-refractivity contribution in [1.82, 2.24) is 9.66 Å². The van der Waals surface area contributed by atoms with Crippen molar-refractivity contribution in [1.29, 1.82) is 0 Å². The third kappa shape index (κ3) is 5.21. The number of rotatable bonds is 7. The summed E-state index contributed by atoms with van der Waals surface area (Å²) in [5.41, 5.74) is -0.487. The lowest BCUT2D eigenvalue weighted by molar-refractivity contribution is -0.137. The van der Waals surface area contributed by atoms with Gasteiger partial charge in [0.1, 0.15) is 0 Å². The predicted molar refractivity (Wildman–Crippen MR) is 133 cm³/mol. The molecule has 0 atom stereocenters. The van der Waals surface area contributed by atoms with Crippen molar-refractivity contribution < 1.29 is 22.6 Å². The number of hydrogen-bond donors (Lipinski definition) is 0. The number of ether oxygens (including phenoxy) is 2. The molecule has 0 radical (unpaired) electrons. The van der Waals surface area contributed by atoms with Crippen molar-refractivity contribution >= 4 is 28.7 Å². The number of para-hydroxylation sites is 1. The van der Waals surface area contributed by atoms with Gasteiger partial charge in [-0.3, -0.25) is 4.79 Å². The minimum Gasteiger partial charge on any atom is -0.490 e. The summed E-state index contributed by atoms with van der Waals surface area (Å²) in [6, 6.07) is 14.4. The summed E-state index contributed by atoms with van der Waals surface area (Å²) >= 11 is 6.37. The molecule has 0 amide bonds. The topological polar surface area (TPSA) is 65.7 Å². The lowest BCUT2D eigenvalue weighted by atomic mass is 10.1. The predicted octanol–water partition coefficient (Wildman–Crippen LogP) is 6.42. The fraction of sp³-hybridized carbons (Fsp3) is 0.192. The van der Waals surface area contributed by atoms with E-state index in [1.54, 1.807) is 36.4 Å². The van der Waals surface area contributed by atoms with Gasteiger partial charge in [0.25, 0.3) is 5.56 Å². The van der Waals surface area contributed by atoms with Crippen LogP contribution in [0, 0.1) is 0 Å². The van der Waals surface area contributed by atoms with Gasteiger partial charge in [-0.15, -0.1) is 0 Å². The monoisotopic (exact) mass is 515 g/mol. The van der Waals surface area contributed by atoms with Crippen molar-refractivity contribution in [2.45, 2.75) is 20.0 Å². The van der Waals surface area contributed by atoms with E-state index in [1.165, 1.54) is 18.3 Å². The first-order chi connectivity index (χ1) is 17.2. The average Bonchev–Trinajstić information content (AvgIpc) is 2.85. The van der Waals surface area contributed by atoms with Crippen molar-refractivity contribution in [3.05, 3.63) is 87.2 Å². The summed E-state index contributed by atoms with van der Waals surface area (Å²) in [4.78, 5) is 17.8. The third-order valence-corrected chi connectivity index (χ3v) is 5.43. The fourth-order valence-corrected chi connectivity index (χ4v) is 3.86. The zero-order valence-electron chi connectivity index (χ0n) is 19.3. The molecule has 186 valence electrons. The van der Waals surface area contributed by atoms with Gasteiger partial charge < -0.3 is 9.47 Å². The Hall–Kier alpha value is -3.85. The lowest BCUT2D eigenvalue weighted by Crippen LogP contribution is -2.20. The van der Waals surface area contributed by atoms with Gasteiger partial charge in [0.2, 0.25) is 0 Å². The Labute approximate surface area is 209 Å². The van der Waals surface area contributed by atoms with Crippen LogP contribution in [0.1, 0.15) is 25.0 Å². The van der Waals surface area contributed by atoms with Gasteiger partial charge in [-0.25, -0.2) is 4.98 Å². The van der Waals surface area contributed by atoms with Gasteiger partial charge in [0, 0.05) is 5.56 Å². The first kappa shape index (κ1) is 25.2. The van der Waals surface area contributed by atoms with Crippen LogP contribution in [0.15, 0.2) is 70.6 Å². The molecular weight excluding hydrogens is 495 g/mol. The summed E-state index contributed by atoms with van der Waals surface area (Å²) in [7, 11) is 0. The Balaban J connectivity index is 1.89. The molecule has 0 spiro atoms. The molecule has 0 bridgehead atoms. The van der Waals surface area contributed by atoms with Gasteiger partial charge in [-0.05, 0) is 55.8 Å². The molecule has 0 aliphatic heterocycles. The number of aromatic nitrogens is 2. The van der Waals surface area contributed by atoms with E-state index >= 15 is 0 Å². The second kappa shape index (κ2) is 10.4. The van der Waals surface area contributed by atoms with Gasteiger partial charge >= 0.3 is 6.18 Å². The SMILES string of the molecule is CCOc1cc(C=Nn2c(-c3cccc(C(F)(F)F)c3)nc3ccccc3c2=O)cc(Cl)c1OCC. The number of benzene rings is 3. The van der Waals surface area contributed by atoms with Crippen molar-refractivity contribution in [2.75, 3.05) is 13.2 Å². The normalized spacial score (nSPS) is 11.8. The molecule has 36 heavy (non-hydrogen) atoms. The first-order valence-corrected chi connectivity index (χ1v) is 11.4. The van der Waals surface area contributed by atoms with Gasteiger partial charge in [-0.2, -0.15) is 22.9 Å². The zero-order valence-corrected chi connectivity index (χ0v) is 20.1. The largest absolute Gasteiger partial charge is 0.490 e. The second-order valence-corrected chi connectivity index (χ2v) is 8.00. The number of fused-ring (bicyclic) bond motifs is 1. The van der Waals surface area contributed by atoms with E-state index in [2.05, 4.69) is 10.1 Å². The van der Waals surface area contributed by atoms with Crippen LogP contribution in [0.2, 0.25) is 5.02 Å². The van der Waals surface area contributed by atoms with Crippen molar-refractivity contribution in [3.8, 4) is 22.9 Å². The highest BCUT2D eigenvalue weighted by molar-refractivity contribution is 6.32. The molecule has 0 N–H and O–H groups in total. The standard InChI is InChI=1S/C26H21ClF3N3O3/c1-3-35-22-13-16(12-20(27)23(22)36-4-2)15-31-33-24(17-8-7-9-18(14-17)26(28,29)30)32-21-11-6-5-10-19(21)25(33)34/h5-15H,3-4H2,1-2H3. The van der Waals surface area contributed by atoms with Gasteiger partial charge in [-0.1, -0.05) is 35.9 Å². The first-order valence-electron chi connectivity index (χ1n) is 11.1. The number of nitrogens with zero attached hydrogens (tertiary/aromatic N) is 3. The molecule has 0 saturated heterocycles. The molecule has 4 rings (SSSR count). The molecule has 1 heterocycles. The Morgan fingerprint density at radius 3 is 2.50 bits per heavy atom. The average molecular weight is 516 g/mol.